The van der Waals surface area contributed by atoms with E-state index in [1.54, 1.807) is 0 Å². The predicted molar refractivity (Wildman–Crippen MR) is 114 cm³/mol. The monoisotopic (exact) mass is 476 g/mol. The third-order valence-electron chi connectivity index (χ3n) is 4.73. The highest BCUT2D eigenvalue weighted by molar-refractivity contribution is 5.98. The average molecular weight is 476 g/mol. The van der Waals surface area contributed by atoms with Crippen molar-refractivity contribution in [3.8, 4) is 0 Å². The van der Waals surface area contributed by atoms with E-state index in [0.29, 0.717) is 0 Å². The number of nitrogens with one attached hydrogen (secondary N) is 2. The third-order valence-corrected chi connectivity index (χ3v) is 4.73. The zero-order chi connectivity index (χ0) is 25.7. The van der Waals surface area contributed by atoms with Gasteiger partial charge in [-0.15, -0.1) is 0 Å². The van der Waals surface area contributed by atoms with Crippen LogP contribution in [-0.4, -0.2) is 44.6 Å². The molecule has 2 rings (SSSR count). The Kier molecular flexibility index (Phi) is 7.47. The van der Waals surface area contributed by atoms with Gasteiger partial charge in [0, 0.05) is 36.3 Å². The number of nitro groups is 4. The molecule has 0 unspecified atom stereocenters. The van der Waals surface area contributed by atoms with Crippen LogP contribution in [-0.2, 0) is 0 Å². The van der Waals surface area contributed by atoms with Crippen LogP contribution >= 0.6 is 0 Å². The van der Waals surface area contributed by atoms with Crippen molar-refractivity contribution in [3.63, 3.8) is 0 Å². The van der Waals surface area contributed by atoms with Crippen molar-refractivity contribution in [2.45, 2.75) is 13.8 Å². The fourth-order valence-corrected chi connectivity index (χ4v) is 2.97. The van der Waals surface area contributed by atoms with Gasteiger partial charge in [-0.25, -0.2) is 0 Å². The number of nitro benzene ring substituents is 4. The summed E-state index contributed by atoms with van der Waals surface area (Å²) in [5, 5.41) is 48.9. The number of carbonyl (C=O) groups excluding carboxylic acids is 2. The van der Waals surface area contributed by atoms with E-state index in [9.17, 15) is 50.0 Å². The van der Waals surface area contributed by atoms with E-state index in [-0.39, 0.29) is 35.3 Å². The maximum atomic E-state index is 12.4. The second kappa shape index (κ2) is 10.1. The largest absolute Gasteiger partial charge is 0.350 e. The molecule has 0 fully saturated rings. The molecule has 0 aliphatic rings. The quantitative estimate of drug-likeness (QED) is 0.304. The fraction of sp³-hybridized carbons (Fsp3) is 0.222. The topological polar surface area (TPSA) is 231 Å². The van der Waals surface area contributed by atoms with Crippen molar-refractivity contribution in [1.29, 1.82) is 0 Å². The zero-order valence-corrected chi connectivity index (χ0v) is 17.6. The Morgan fingerprint density at radius 2 is 0.971 bits per heavy atom. The first-order valence-corrected chi connectivity index (χ1v) is 9.28. The summed E-state index contributed by atoms with van der Waals surface area (Å²) in [4.78, 5) is 65.6. The lowest BCUT2D eigenvalue weighted by atomic mass is 10.0. The molecule has 0 aliphatic heterocycles. The molecular formula is C18H16N6O10. The molecule has 2 N–H and O–H groups in total. The molecule has 178 valence electrons. The maximum Gasteiger partial charge on any atom is 0.279 e. The normalized spacial score (nSPS) is 10.3. The Bertz CT molecular complexity index is 1150. The number of benzene rings is 2. The van der Waals surface area contributed by atoms with Crippen LogP contribution < -0.4 is 10.6 Å². The summed E-state index contributed by atoms with van der Waals surface area (Å²) in [6, 6.07) is 3.21. The van der Waals surface area contributed by atoms with Crippen molar-refractivity contribution in [2.24, 2.45) is 0 Å². The molecule has 0 saturated carbocycles. The van der Waals surface area contributed by atoms with Crippen molar-refractivity contribution in [2.75, 3.05) is 13.1 Å². The number of rotatable bonds is 9. The smallest absolute Gasteiger partial charge is 0.279 e. The first kappa shape index (κ1) is 25.2. The van der Waals surface area contributed by atoms with Gasteiger partial charge in [-0.05, 0) is 13.8 Å². The van der Waals surface area contributed by atoms with Crippen LogP contribution in [0.4, 0.5) is 22.7 Å². The Balaban J connectivity index is 2.14. The molecule has 2 amide bonds. The highest BCUT2D eigenvalue weighted by Gasteiger charge is 2.26. The van der Waals surface area contributed by atoms with Gasteiger partial charge in [0.1, 0.15) is 0 Å². The minimum atomic E-state index is -0.885. The number of non-ortho nitro benzene ring substituents is 2. The molecule has 0 bridgehead atoms. The van der Waals surface area contributed by atoms with Crippen LogP contribution in [0.15, 0.2) is 24.3 Å². The molecule has 0 spiro atoms. The molecule has 0 radical (unpaired) electrons. The van der Waals surface area contributed by atoms with Gasteiger partial charge in [0.2, 0.25) is 0 Å². The lowest BCUT2D eigenvalue weighted by Crippen LogP contribution is -2.35. The Morgan fingerprint density at radius 1 is 0.647 bits per heavy atom. The van der Waals surface area contributed by atoms with Gasteiger partial charge in [0.15, 0.2) is 0 Å². The van der Waals surface area contributed by atoms with E-state index in [1.165, 1.54) is 13.8 Å². The standard InChI is InChI=1S/C18H16N6O10/c1-9-13(5-11(21(27)28)7-15(9)23(31)32)17(25)19-3-4-20-18(26)14-6-12(22(29)30)8-16(10(14)2)24(33)34/h5-8H,3-4H2,1-2H3,(H,19,25)(H,20,26). The van der Waals surface area contributed by atoms with E-state index in [0.717, 1.165) is 24.3 Å². The predicted octanol–water partition coefficient (Wildman–Crippen LogP) is 2.10. The van der Waals surface area contributed by atoms with Crippen molar-refractivity contribution >= 4 is 34.6 Å². The minimum Gasteiger partial charge on any atom is -0.350 e. The van der Waals surface area contributed by atoms with Gasteiger partial charge in [0.25, 0.3) is 34.6 Å². The molecule has 0 aliphatic carbocycles. The molecule has 16 nitrogen and oxygen atoms in total. The van der Waals surface area contributed by atoms with Gasteiger partial charge in [-0.3, -0.25) is 50.0 Å². The number of carbonyl (C=O) groups is 2. The fourth-order valence-electron chi connectivity index (χ4n) is 2.97. The summed E-state index contributed by atoms with van der Waals surface area (Å²) >= 11 is 0. The molecule has 0 aromatic heterocycles. The van der Waals surface area contributed by atoms with Crippen LogP contribution in [0.25, 0.3) is 0 Å². The Morgan fingerprint density at radius 3 is 1.24 bits per heavy atom. The van der Waals surface area contributed by atoms with Gasteiger partial charge in [-0.1, -0.05) is 0 Å². The number of nitrogens with zero attached hydrogens (tertiary/aromatic N) is 4. The summed E-state index contributed by atoms with van der Waals surface area (Å²) in [5.74, 6) is -1.75. The lowest BCUT2D eigenvalue weighted by molar-refractivity contribution is -0.394. The van der Waals surface area contributed by atoms with Gasteiger partial charge >= 0.3 is 0 Å². The SMILES string of the molecule is Cc1c(C(=O)NCCNC(=O)c2cc([N+](=O)[O-])cc([N+](=O)[O-])c2C)cc([N+](=O)[O-])cc1[N+](=O)[O-]. The zero-order valence-electron chi connectivity index (χ0n) is 17.6. The van der Waals surface area contributed by atoms with E-state index >= 15 is 0 Å². The first-order chi connectivity index (χ1) is 15.8. The van der Waals surface area contributed by atoms with E-state index in [2.05, 4.69) is 10.6 Å². The van der Waals surface area contributed by atoms with Crippen molar-refractivity contribution < 1.29 is 29.3 Å². The minimum absolute atomic E-state index is 0.100. The molecule has 0 atom stereocenters. The summed E-state index contributed by atoms with van der Waals surface area (Å²) in [6.45, 7) is 2.04. The maximum absolute atomic E-state index is 12.4. The summed E-state index contributed by atoms with van der Waals surface area (Å²) < 4.78 is 0. The second-order valence-corrected chi connectivity index (χ2v) is 6.82. The van der Waals surface area contributed by atoms with Crippen LogP contribution in [0.3, 0.4) is 0 Å². The van der Waals surface area contributed by atoms with Crippen molar-refractivity contribution in [1.82, 2.24) is 10.6 Å². The van der Waals surface area contributed by atoms with E-state index in [4.69, 9.17) is 0 Å². The second-order valence-electron chi connectivity index (χ2n) is 6.82. The number of hydrogen-bond acceptors (Lipinski definition) is 10. The van der Waals surface area contributed by atoms with Gasteiger partial charge in [-0.2, -0.15) is 0 Å². The Labute approximate surface area is 189 Å². The van der Waals surface area contributed by atoms with Crippen LogP contribution in [0.1, 0.15) is 31.8 Å². The summed E-state index contributed by atoms with van der Waals surface area (Å²) in [5.41, 5.74) is -3.36. The Hall–Kier alpha value is -5.02. The van der Waals surface area contributed by atoms with Crippen LogP contribution in [0, 0.1) is 54.3 Å². The highest BCUT2D eigenvalue weighted by atomic mass is 16.6. The molecule has 0 heterocycles. The van der Waals surface area contributed by atoms with Gasteiger partial charge < -0.3 is 10.6 Å². The number of hydrogen-bond donors (Lipinski definition) is 2. The van der Waals surface area contributed by atoms with Crippen molar-refractivity contribution in [3.05, 3.63) is 87.0 Å². The number of amides is 2. The first-order valence-electron chi connectivity index (χ1n) is 9.28. The molecule has 2 aromatic carbocycles. The van der Waals surface area contributed by atoms with E-state index in [1.807, 2.05) is 0 Å². The van der Waals surface area contributed by atoms with E-state index < -0.39 is 54.3 Å². The lowest BCUT2D eigenvalue weighted by Gasteiger charge is -2.10. The van der Waals surface area contributed by atoms with Crippen LogP contribution in [0.2, 0.25) is 0 Å². The summed E-state index contributed by atoms with van der Waals surface area (Å²) in [7, 11) is 0. The average Bonchev–Trinajstić information content (AvgIpc) is 2.75. The summed E-state index contributed by atoms with van der Waals surface area (Å²) in [6.07, 6.45) is 0. The molecule has 0 saturated heterocycles. The third kappa shape index (κ3) is 5.42. The molecule has 34 heavy (non-hydrogen) atoms. The molecule has 16 heteroatoms. The highest BCUT2D eigenvalue weighted by Crippen LogP contribution is 2.29. The van der Waals surface area contributed by atoms with Gasteiger partial charge in [0.05, 0.1) is 43.0 Å². The van der Waals surface area contributed by atoms with Crippen LogP contribution in [0.5, 0.6) is 0 Å². The molecule has 2 aromatic rings. The molecular weight excluding hydrogens is 460 g/mol.